The second-order valence-corrected chi connectivity index (χ2v) is 7.16. The fraction of sp³-hybridized carbons (Fsp3) is 0.562. The summed E-state index contributed by atoms with van der Waals surface area (Å²) in [5, 5.41) is 15.1. The summed E-state index contributed by atoms with van der Waals surface area (Å²) >= 11 is 1.72. The molecule has 1 aromatic rings. The van der Waals surface area contributed by atoms with Crippen LogP contribution in [-0.4, -0.2) is 36.1 Å². The van der Waals surface area contributed by atoms with Crippen molar-refractivity contribution < 1.29 is 9.90 Å². The van der Waals surface area contributed by atoms with Gasteiger partial charge in [0.05, 0.1) is 6.10 Å². The number of rotatable bonds is 8. The van der Waals surface area contributed by atoms with Crippen molar-refractivity contribution in [2.24, 2.45) is 5.41 Å². The van der Waals surface area contributed by atoms with Crippen LogP contribution in [0, 0.1) is 5.41 Å². The van der Waals surface area contributed by atoms with E-state index >= 15 is 0 Å². The Morgan fingerprint density at radius 1 is 1.29 bits per heavy atom. The topological polar surface area (TPSA) is 61.4 Å². The Hall–Kier alpha value is -1.20. The molecule has 5 heteroatoms. The number of hydrogen-bond acceptors (Lipinski definition) is 3. The molecule has 0 aromatic heterocycles. The highest BCUT2D eigenvalue weighted by atomic mass is 32.2. The molecule has 118 valence electrons. The number of aliphatic hydroxyl groups is 1. The van der Waals surface area contributed by atoms with Crippen molar-refractivity contribution in [2.75, 3.05) is 18.8 Å². The molecule has 3 N–H and O–H groups in total. The number of benzene rings is 1. The molecule has 0 fully saturated rings. The van der Waals surface area contributed by atoms with Gasteiger partial charge in [-0.1, -0.05) is 32.0 Å². The van der Waals surface area contributed by atoms with Crippen LogP contribution in [0.1, 0.15) is 27.2 Å². The number of carbonyl (C=O) groups excluding carboxylic acids is 1. The quantitative estimate of drug-likeness (QED) is 0.511. The molecule has 0 heterocycles. The molecule has 1 rings (SSSR count). The molecule has 1 atom stereocenters. The van der Waals surface area contributed by atoms with Crippen LogP contribution in [-0.2, 0) is 0 Å². The molecule has 0 bridgehead atoms. The number of thioether (sulfide) groups is 1. The SMILES string of the molecule is CC(O)CC(C)(C)CNC(=O)NCCSc1ccccc1. The maximum atomic E-state index is 11.7. The molecule has 0 saturated carbocycles. The van der Waals surface area contributed by atoms with Gasteiger partial charge in [0.15, 0.2) is 0 Å². The Morgan fingerprint density at radius 3 is 2.57 bits per heavy atom. The summed E-state index contributed by atoms with van der Waals surface area (Å²) in [6, 6.07) is 9.97. The lowest BCUT2D eigenvalue weighted by molar-refractivity contribution is 0.129. The van der Waals surface area contributed by atoms with Gasteiger partial charge >= 0.3 is 6.03 Å². The monoisotopic (exact) mass is 310 g/mol. The smallest absolute Gasteiger partial charge is 0.314 e. The highest BCUT2D eigenvalue weighted by Crippen LogP contribution is 2.21. The zero-order valence-electron chi connectivity index (χ0n) is 13.1. The van der Waals surface area contributed by atoms with E-state index in [1.54, 1.807) is 18.7 Å². The van der Waals surface area contributed by atoms with Crippen LogP contribution < -0.4 is 10.6 Å². The first-order valence-corrected chi connectivity index (χ1v) is 8.25. The van der Waals surface area contributed by atoms with Crippen LogP contribution in [0.2, 0.25) is 0 Å². The van der Waals surface area contributed by atoms with E-state index in [0.717, 1.165) is 5.75 Å². The first-order chi connectivity index (χ1) is 9.89. The summed E-state index contributed by atoms with van der Waals surface area (Å²) < 4.78 is 0. The lowest BCUT2D eigenvalue weighted by Gasteiger charge is -2.26. The standard InChI is InChI=1S/C16H26N2O2S/c1-13(19)11-16(2,3)12-18-15(20)17-9-10-21-14-7-5-4-6-8-14/h4-8,13,19H,9-12H2,1-3H3,(H2,17,18,20). The molecule has 0 aliphatic rings. The first kappa shape index (κ1) is 17.9. The normalized spacial score (nSPS) is 12.8. The lowest BCUT2D eigenvalue weighted by atomic mass is 9.87. The minimum absolute atomic E-state index is 0.107. The van der Waals surface area contributed by atoms with Crippen LogP contribution in [0.3, 0.4) is 0 Å². The lowest BCUT2D eigenvalue weighted by Crippen LogP contribution is -2.42. The van der Waals surface area contributed by atoms with Gasteiger partial charge in [0.1, 0.15) is 0 Å². The molecule has 4 nitrogen and oxygen atoms in total. The van der Waals surface area contributed by atoms with Crippen molar-refractivity contribution >= 4 is 17.8 Å². The van der Waals surface area contributed by atoms with Gasteiger partial charge in [0.2, 0.25) is 0 Å². The zero-order chi connectivity index (χ0) is 15.7. The average Bonchev–Trinajstić information content (AvgIpc) is 2.41. The zero-order valence-corrected chi connectivity index (χ0v) is 13.9. The molecule has 0 saturated heterocycles. The molecule has 0 aliphatic carbocycles. The third-order valence-electron chi connectivity index (χ3n) is 2.98. The van der Waals surface area contributed by atoms with Crippen LogP contribution in [0.25, 0.3) is 0 Å². The van der Waals surface area contributed by atoms with Gasteiger partial charge in [-0.3, -0.25) is 0 Å². The molecule has 0 spiro atoms. The Labute approximate surface area is 131 Å². The number of aliphatic hydroxyl groups excluding tert-OH is 1. The summed E-state index contributed by atoms with van der Waals surface area (Å²) in [7, 11) is 0. The fourth-order valence-electron chi connectivity index (χ4n) is 2.10. The fourth-order valence-corrected chi connectivity index (χ4v) is 2.89. The highest BCUT2D eigenvalue weighted by molar-refractivity contribution is 7.99. The van der Waals surface area contributed by atoms with E-state index in [1.165, 1.54) is 4.90 Å². The van der Waals surface area contributed by atoms with Gasteiger partial charge < -0.3 is 15.7 Å². The maximum absolute atomic E-state index is 11.7. The van der Waals surface area contributed by atoms with Crippen molar-refractivity contribution in [2.45, 2.75) is 38.2 Å². The van der Waals surface area contributed by atoms with Gasteiger partial charge in [-0.2, -0.15) is 0 Å². The van der Waals surface area contributed by atoms with Gasteiger partial charge in [0, 0.05) is 23.7 Å². The van der Waals surface area contributed by atoms with E-state index in [2.05, 4.69) is 22.8 Å². The predicted octanol–water partition coefficient (Wildman–Crippen LogP) is 2.88. The van der Waals surface area contributed by atoms with Crippen molar-refractivity contribution in [3.63, 3.8) is 0 Å². The van der Waals surface area contributed by atoms with E-state index in [0.29, 0.717) is 19.5 Å². The average molecular weight is 310 g/mol. The molecule has 1 unspecified atom stereocenters. The molecular weight excluding hydrogens is 284 g/mol. The number of nitrogens with one attached hydrogen (secondary N) is 2. The number of amides is 2. The van der Waals surface area contributed by atoms with E-state index < -0.39 is 0 Å². The Balaban J connectivity index is 2.14. The first-order valence-electron chi connectivity index (χ1n) is 7.27. The Kier molecular flexibility index (Phi) is 7.61. The molecule has 0 aliphatic heterocycles. The summed E-state index contributed by atoms with van der Waals surface area (Å²) in [5.74, 6) is 0.842. The summed E-state index contributed by atoms with van der Waals surface area (Å²) in [5.41, 5.74) is -0.107. The molecular formula is C16H26N2O2S. The van der Waals surface area contributed by atoms with Crippen molar-refractivity contribution in [1.82, 2.24) is 10.6 Å². The number of urea groups is 1. The molecule has 1 aromatic carbocycles. The van der Waals surface area contributed by atoms with Gasteiger partial charge in [-0.25, -0.2) is 4.79 Å². The van der Waals surface area contributed by atoms with Gasteiger partial charge in [0.25, 0.3) is 0 Å². The van der Waals surface area contributed by atoms with E-state index in [4.69, 9.17) is 0 Å². The van der Waals surface area contributed by atoms with Crippen LogP contribution >= 0.6 is 11.8 Å². The number of hydrogen-bond donors (Lipinski definition) is 3. The van der Waals surface area contributed by atoms with Gasteiger partial charge in [-0.15, -0.1) is 11.8 Å². The maximum Gasteiger partial charge on any atom is 0.314 e. The van der Waals surface area contributed by atoms with Gasteiger partial charge in [-0.05, 0) is 30.9 Å². The number of carbonyl (C=O) groups is 1. The van der Waals surface area contributed by atoms with Crippen LogP contribution in [0.5, 0.6) is 0 Å². The second-order valence-electron chi connectivity index (χ2n) is 5.99. The summed E-state index contributed by atoms with van der Waals surface area (Å²) in [4.78, 5) is 12.9. The minimum atomic E-state index is -0.355. The van der Waals surface area contributed by atoms with Crippen molar-refractivity contribution in [1.29, 1.82) is 0 Å². The second kappa shape index (κ2) is 8.95. The highest BCUT2D eigenvalue weighted by Gasteiger charge is 2.20. The Morgan fingerprint density at radius 2 is 1.95 bits per heavy atom. The van der Waals surface area contributed by atoms with Crippen molar-refractivity contribution in [3.05, 3.63) is 30.3 Å². The predicted molar refractivity (Wildman–Crippen MR) is 88.6 cm³/mol. The third kappa shape index (κ3) is 8.63. The molecule has 2 amide bonds. The van der Waals surface area contributed by atoms with Crippen LogP contribution in [0.15, 0.2) is 35.2 Å². The summed E-state index contributed by atoms with van der Waals surface area (Å²) in [6.45, 7) is 7.01. The van der Waals surface area contributed by atoms with E-state index in [9.17, 15) is 9.90 Å². The molecule has 21 heavy (non-hydrogen) atoms. The largest absolute Gasteiger partial charge is 0.393 e. The summed E-state index contributed by atoms with van der Waals surface area (Å²) in [6.07, 6.45) is 0.309. The van der Waals surface area contributed by atoms with E-state index in [-0.39, 0.29) is 17.6 Å². The minimum Gasteiger partial charge on any atom is -0.393 e. The van der Waals surface area contributed by atoms with Crippen molar-refractivity contribution in [3.8, 4) is 0 Å². The third-order valence-corrected chi connectivity index (χ3v) is 3.99. The van der Waals surface area contributed by atoms with Crippen LogP contribution in [0.4, 0.5) is 4.79 Å². The Bertz CT molecular complexity index is 422. The molecule has 0 radical (unpaired) electrons. The van der Waals surface area contributed by atoms with E-state index in [1.807, 2.05) is 32.0 Å².